The summed E-state index contributed by atoms with van der Waals surface area (Å²) in [5.74, 6) is 0.0691. The number of amides is 2. The van der Waals surface area contributed by atoms with E-state index in [9.17, 15) is 18.0 Å². The molecule has 1 saturated heterocycles. The summed E-state index contributed by atoms with van der Waals surface area (Å²) in [7, 11) is -2.78. The fourth-order valence-corrected chi connectivity index (χ4v) is 5.38. The zero-order chi connectivity index (χ0) is 26.6. The molecule has 0 radical (unpaired) electrons. The Morgan fingerprint density at radius 3 is 2.38 bits per heavy atom. The van der Waals surface area contributed by atoms with Crippen molar-refractivity contribution in [2.24, 2.45) is 0 Å². The van der Waals surface area contributed by atoms with Gasteiger partial charge in [-0.15, -0.1) is 0 Å². The van der Waals surface area contributed by atoms with E-state index in [1.54, 1.807) is 30.3 Å². The highest BCUT2D eigenvalue weighted by Crippen LogP contribution is 2.35. The van der Waals surface area contributed by atoms with Crippen LogP contribution in [0.1, 0.15) is 5.56 Å². The smallest absolute Gasteiger partial charge is 0.339 e. The summed E-state index contributed by atoms with van der Waals surface area (Å²) < 4.78 is 41.3. The third-order valence-electron chi connectivity index (χ3n) is 5.07. The average molecular weight is 580 g/mol. The van der Waals surface area contributed by atoms with Gasteiger partial charge in [0.1, 0.15) is 17.3 Å². The summed E-state index contributed by atoms with van der Waals surface area (Å²) in [6, 6.07) is 16.9. The lowest BCUT2D eigenvalue weighted by molar-refractivity contribution is -0.123. The van der Waals surface area contributed by atoms with E-state index < -0.39 is 21.3 Å². The summed E-state index contributed by atoms with van der Waals surface area (Å²) >= 11 is 12.7. The molecule has 0 saturated carbocycles. The van der Waals surface area contributed by atoms with E-state index in [0.717, 1.165) is 16.7 Å². The van der Waals surface area contributed by atoms with Gasteiger partial charge in [-0.3, -0.25) is 14.5 Å². The number of methoxy groups -OCH3 is 1. The van der Waals surface area contributed by atoms with Crippen molar-refractivity contribution in [3.8, 4) is 17.2 Å². The lowest BCUT2D eigenvalue weighted by Gasteiger charge is -2.13. The summed E-state index contributed by atoms with van der Waals surface area (Å²) in [6.45, 7) is 0.128. The molecule has 1 fully saturated rings. The number of nitrogens with zero attached hydrogens (tertiary/aromatic N) is 1. The van der Waals surface area contributed by atoms with Crippen LogP contribution >= 0.6 is 35.0 Å². The summed E-state index contributed by atoms with van der Waals surface area (Å²) in [5, 5.41) is 0.386. The summed E-state index contributed by atoms with van der Waals surface area (Å²) in [5.41, 5.74) is 0.505. The second-order valence-corrected chi connectivity index (χ2v) is 10.9. The highest BCUT2D eigenvalue weighted by molar-refractivity contribution is 8.18. The molecule has 3 aromatic carbocycles. The molecule has 0 spiro atoms. The molecule has 0 aliphatic carbocycles. The van der Waals surface area contributed by atoms with Crippen LogP contribution in [-0.4, -0.2) is 44.7 Å². The first-order valence-electron chi connectivity index (χ1n) is 10.7. The maximum absolute atomic E-state index is 12.8. The number of hydrogen-bond acceptors (Lipinski definition) is 8. The second kappa shape index (κ2) is 11.5. The Kier molecular flexibility index (Phi) is 8.33. The lowest BCUT2D eigenvalue weighted by atomic mass is 10.2. The fraction of sp³-hybridized carbons (Fsp3) is 0.120. The van der Waals surface area contributed by atoms with Crippen LogP contribution in [0.4, 0.5) is 4.79 Å². The van der Waals surface area contributed by atoms with Crippen LogP contribution in [0.5, 0.6) is 17.2 Å². The van der Waals surface area contributed by atoms with Crippen molar-refractivity contribution in [3.63, 3.8) is 0 Å². The van der Waals surface area contributed by atoms with E-state index in [1.807, 2.05) is 0 Å². The minimum atomic E-state index is -4.14. The molecule has 3 aromatic rings. The Balaban J connectivity index is 1.46. The van der Waals surface area contributed by atoms with Crippen molar-refractivity contribution in [3.05, 3.63) is 87.2 Å². The number of thioether (sulfide) groups is 1. The molecule has 0 bridgehead atoms. The van der Waals surface area contributed by atoms with Crippen molar-refractivity contribution in [2.75, 3.05) is 20.3 Å². The first-order chi connectivity index (χ1) is 17.7. The first-order valence-corrected chi connectivity index (χ1v) is 13.7. The number of carbonyl (C=O) groups is 2. The van der Waals surface area contributed by atoms with Gasteiger partial charge in [0.15, 0.2) is 11.5 Å². The van der Waals surface area contributed by atoms with Gasteiger partial charge >= 0.3 is 10.1 Å². The van der Waals surface area contributed by atoms with E-state index in [4.69, 9.17) is 36.9 Å². The number of ether oxygens (including phenoxy) is 2. The molecule has 1 heterocycles. The van der Waals surface area contributed by atoms with Gasteiger partial charge in [0.2, 0.25) is 0 Å². The Bertz CT molecular complexity index is 1470. The van der Waals surface area contributed by atoms with Crippen LogP contribution in [0.3, 0.4) is 0 Å². The number of halogens is 2. The number of carbonyl (C=O) groups excluding carboxylic acids is 2. The topological polar surface area (TPSA) is 99.2 Å². The van der Waals surface area contributed by atoms with Crippen molar-refractivity contribution in [1.82, 2.24) is 4.90 Å². The van der Waals surface area contributed by atoms with Crippen molar-refractivity contribution in [2.45, 2.75) is 4.90 Å². The number of benzene rings is 3. The number of para-hydroxylation sites is 1. The number of rotatable bonds is 9. The summed E-state index contributed by atoms with van der Waals surface area (Å²) in [4.78, 5) is 26.4. The van der Waals surface area contributed by atoms with Crippen LogP contribution in [0.2, 0.25) is 10.0 Å². The Hall–Kier alpha value is -3.18. The maximum Gasteiger partial charge on any atom is 0.339 e. The van der Waals surface area contributed by atoms with E-state index in [2.05, 4.69) is 0 Å². The highest BCUT2D eigenvalue weighted by Gasteiger charge is 2.35. The van der Waals surface area contributed by atoms with Crippen LogP contribution < -0.4 is 13.7 Å². The van der Waals surface area contributed by atoms with E-state index in [-0.39, 0.29) is 34.5 Å². The maximum atomic E-state index is 12.8. The third-order valence-corrected chi connectivity index (χ3v) is 7.79. The van der Waals surface area contributed by atoms with Gasteiger partial charge in [-0.05, 0) is 71.9 Å². The van der Waals surface area contributed by atoms with Crippen LogP contribution in [0, 0.1) is 0 Å². The van der Waals surface area contributed by atoms with Gasteiger partial charge in [-0.1, -0.05) is 41.4 Å². The molecule has 12 heteroatoms. The molecule has 4 rings (SSSR count). The van der Waals surface area contributed by atoms with Crippen molar-refractivity contribution < 1.29 is 31.7 Å². The van der Waals surface area contributed by atoms with Crippen LogP contribution in [0.15, 0.2) is 76.5 Å². The summed E-state index contributed by atoms with van der Waals surface area (Å²) in [6.07, 6.45) is 1.51. The third kappa shape index (κ3) is 6.40. The predicted molar refractivity (Wildman–Crippen MR) is 142 cm³/mol. The quantitative estimate of drug-likeness (QED) is 0.229. The van der Waals surface area contributed by atoms with E-state index in [0.29, 0.717) is 21.4 Å². The number of hydrogen-bond donors (Lipinski definition) is 0. The molecule has 0 aromatic heterocycles. The second-order valence-electron chi connectivity index (χ2n) is 7.51. The molecule has 37 heavy (non-hydrogen) atoms. The molecular formula is C25H19Cl2NO7S2. The van der Waals surface area contributed by atoms with Crippen LogP contribution in [-0.2, 0) is 14.9 Å². The molecule has 8 nitrogen and oxygen atoms in total. The SMILES string of the molecule is COc1cc(/C=C2\SC(=O)N(CCOc3ccccc3Cl)C2=O)ccc1OS(=O)(=O)c1ccc(Cl)cc1. The molecule has 192 valence electrons. The van der Waals surface area contributed by atoms with Gasteiger partial charge in [0.05, 0.1) is 23.6 Å². The normalized spacial score (nSPS) is 14.8. The van der Waals surface area contributed by atoms with Gasteiger partial charge in [0.25, 0.3) is 11.1 Å². The van der Waals surface area contributed by atoms with Gasteiger partial charge in [-0.2, -0.15) is 8.42 Å². The molecule has 0 N–H and O–H groups in total. The highest BCUT2D eigenvalue weighted by atomic mass is 35.5. The fourth-order valence-electron chi connectivity index (χ4n) is 3.26. The van der Waals surface area contributed by atoms with E-state index >= 15 is 0 Å². The Labute approximate surface area is 227 Å². The standard InChI is InChI=1S/C25H19Cl2NO7S2/c1-33-22-14-16(6-11-21(22)35-37(31,32)18-9-7-17(26)8-10-18)15-23-24(29)28(25(30)36-23)12-13-34-20-5-3-2-4-19(20)27/h2-11,14-15H,12-13H2,1H3/b23-15-. The van der Waals surface area contributed by atoms with Crippen molar-refractivity contribution in [1.29, 1.82) is 0 Å². The lowest BCUT2D eigenvalue weighted by Crippen LogP contribution is -2.32. The molecular weight excluding hydrogens is 561 g/mol. The van der Waals surface area contributed by atoms with Crippen molar-refractivity contribution >= 4 is 62.3 Å². The molecule has 2 amide bonds. The van der Waals surface area contributed by atoms with Gasteiger partial charge < -0.3 is 13.7 Å². The molecule has 0 unspecified atom stereocenters. The predicted octanol–water partition coefficient (Wildman–Crippen LogP) is 5.89. The zero-order valence-corrected chi connectivity index (χ0v) is 22.4. The molecule has 0 atom stereocenters. The monoisotopic (exact) mass is 579 g/mol. The van der Waals surface area contributed by atoms with Gasteiger partial charge in [-0.25, -0.2) is 0 Å². The average Bonchev–Trinajstić information content (AvgIpc) is 3.13. The number of imide groups is 1. The minimum Gasteiger partial charge on any atom is -0.493 e. The largest absolute Gasteiger partial charge is 0.493 e. The Morgan fingerprint density at radius 1 is 0.946 bits per heavy atom. The minimum absolute atomic E-state index is 0.0422. The molecule has 1 aliphatic rings. The van der Waals surface area contributed by atoms with Gasteiger partial charge in [0, 0.05) is 5.02 Å². The molecule has 1 aliphatic heterocycles. The van der Waals surface area contributed by atoms with Crippen LogP contribution in [0.25, 0.3) is 6.08 Å². The first kappa shape index (κ1) is 26.9. The Morgan fingerprint density at radius 2 is 1.68 bits per heavy atom. The van der Waals surface area contributed by atoms with E-state index in [1.165, 1.54) is 49.6 Å². The zero-order valence-electron chi connectivity index (χ0n) is 19.2.